The molecular formula is C14H20N4OS. The Hall–Kier alpha value is -1.53. The van der Waals surface area contributed by atoms with Gasteiger partial charge in [0.2, 0.25) is 5.88 Å². The minimum atomic E-state index is 0.462. The van der Waals surface area contributed by atoms with Crippen molar-refractivity contribution in [1.82, 2.24) is 20.3 Å². The van der Waals surface area contributed by atoms with Gasteiger partial charge in [-0.1, -0.05) is 20.8 Å². The summed E-state index contributed by atoms with van der Waals surface area (Å²) < 4.78 is 5.13. The van der Waals surface area contributed by atoms with E-state index in [4.69, 9.17) is 4.74 Å². The molecule has 0 amide bonds. The topological polar surface area (TPSA) is 59.9 Å². The van der Waals surface area contributed by atoms with Crippen LogP contribution in [0.25, 0.3) is 10.7 Å². The fourth-order valence-corrected chi connectivity index (χ4v) is 2.84. The predicted molar refractivity (Wildman–Crippen MR) is 81.0 cm³/mol. The first-order chi connectivity index (χ1) is 9.63. The molecule has 6 heteroatoms. The summed E-state index contributed by atoms with van der Waals surface area (Å²) in [6.07, 6.45) is 2.43. The van der Waals surface area contributed by atoms with Crippen molar-refractivity contribution in [3.8, 4) is 16.6 Å². The maximum absolute atomic E-state index is 5.13. The molecule has 1 N–H and O–H groups in total. The van der Waals surface area contributed by atoms with Crippen molar-refractivity contribution in [2.45, 2.75) is 39.8 Å². The van der Waals surface area contributed by atoms with Gasteiger partial charge in [-0.25, -0.2) is 15.0 Å². The molecule has 5 nitrogen and oxygen atoms in total. The van der Waals surface area contributed by atoms with E-state index < -0.39 is 0 Å². The van der Waals surface area contributed by atoms with Gasteiger partial charge in [0.25, 0.3) is 0 Å². The quantitative estimate of drug-likeness (QED) is 0.887. The summed E-state index contributed by atoms with van der Waals surface area (Å²) in [6.45, 7) is 7.25. The average molecular weight is 292 g/mol. The summed E-state index contributed by atoms with van der Waals surface area (Å²) in [5.41, 5.74) is 1.95. The van der Waals surface area contributed by atoms with Crippen LogP contribution < -0.4 is 10.1 Å². The van der Waals surface area contributed by atoms with Gasteiger partial charge in [-0.15, -0.1) is 11.3 Å². The summed E-state index contributed by atoms with van der Waals surface area (Å²) >= 11 is 1.68. The van der Waals surface area contributed by atoms with Gasteiger partial charge in [0.1, 0.15) is 17.0 Å². The molecule has 2 aromatic rings. The number of rotatable bonds is 6. The lowest BCUT2D eigenvalue weighted by molar-refractivity contribution is 0.397. The lowest BCUT2D eigenvalue weighted by Gasteiger charge is -2.06. The van der Waals surface area contributed by atoms with Gasteiger partial charge < -0.3 is 10.1 Å². The molecule has 0 aliphatic carbocycles. The Labute approximate surface area is 123 Å². The normalized spacial score (nSPS) is 11.1. The zero-order valence-corrected chi connectivity index (χ0v) is 13.1. The Morgan fingerprint density at radius 1 is 1.35 bits per heavy atom. The van der Waals surface area contributed by atoms with Crippen LogP contribution in [0.5, 0.6) is 5.88 Å². The second kappa shape index (κ2) is 6.76. The van der Waals surface area contributed by atoms with E-state index in [1.807, 2.05) is 6.07 Å². The number of methoxy groups -OCH3 is 1. The van der Waals surface area contributed by atoms with E-state index in [0.717, 1.165) is 29.4 Å². The van der Waals surface area contributed by atoms with E-state index in [0.29, 0.717) is 11.9 Å². The van der Waals surface area contributed by atoms with Gasteiger partial charge >= 0.3 is 0 Å². The van der Waals surface area contributed by atoms with Gasteiger partial charge in [-0.05, 0) is 6.42 Å². The smallest absolute Gasteiger partial charge is 0.216 e. The lowest BCUT2D eigenvalue weighted by Crippen LogP contribution is -2.21. The van der Waals surface area contributed by atoms with E-state index in [1.54, 1.807) is 18.4 Å². The average Bonchev–Trinajstić information content (AvgIpc) is 2.88. The van der Waals surface area contributed by atoms with Crippen LogP contribution >= 0.6 is 11.3 Å². The van der Waals surface area contributed by atoms with Gasteiger partial charge in [-0.2, -0.15) is 0 Å². The third kappa shape index (κ3) is 3.52. The number of aromatic nitrogens is 3. The Morgan fingerprint density at radius 2 is 2.15 bits per heavy atom. The minimum absolute atomic E-state index is 0.462. The molecular weight excluding hydrogens is 272 g/mol. The highest BCUT2D eigenvalue weighted by Gasteiger charge is 2.13. The first kappa shape index (κ1) is 14.9. The highest BCUT2D eigenvalue weighted by atomic mass is 32.1. The first-order valence-electron chi connectivity index (χ1n) is 6.72. The summed E-state index contributed by atoms with van der Waals surface area (Å²) in [6, 6.07) is 2.28. The van der Waals surface area contributed by atoms with Gasteiger partial charge in [0.15, 0.2) is 0 Å². The fourth-order valence-electron chi connectivity index (χ4n) is 1.77. The molecule has 2 heterocycles. The molecule has 0 aliphatic rings. The largest absolute Gasteiger partial charge is 0.481 e. The van der Waals surface area contributed by atoms with Crippen LogP contribution in [0.4, 0.5) is 0 Å². The standard InChI is InChI=1S/C14H20N4OS/c1-5-10-12(7-15-9(2)3)20-14(18-10)11-6-13(19-4)17-8-16-11/h6,8-9,15H,5,7H2,1-4H3. The predicted octanol–water partition coefficient (Wildman–Crippen LogP) is 2.67. The van der Waals surface area contributed by atoms with E-state index in [1.165, 1.54) is 11.2 Å². The molecule has 2 aromatic heterocycles. The third-order valence-corrected chi connectivity index (χ3v) is 3.97. The Kier molecular flexibility index (Phi) is 5.03. The van der Waals surface area contributed by atoms with Crippen LogP contribution in [-0.2, 0) is 13.0 Å². The van der Waals surface area contributed by atoms with Gasteiger partial charge in [0.05, 0.1) is 12.8 Å². The molecule has 0 saturated carbocycles. The summed E-state index contributed by atoms with van der Waals surface area (Å²) in [4.78, 5) is 14.3. The van der Waals surface area contributed by atoms with E-state index in [2.05, 4.69) is 41.0 Å². The Balaban J connectivity index is 2.27. The number of nitrogens with zero attached hydrogens (tertiary/aromatic N) is 3. The number of hydrogen-bond donors (Lipinski definition) is 1. The molecule has 0 fully saturated rings. The molecule has 2 rings (SSSR count). The van der Waals surface area contributed by atoms with Crippen LogP contribution in [0.2, 0.25) is 0 Å². The van der Waals surface area contributed by atoms with Crippen molar-refractivity contribution in [2.24, 2.45) is 0 Å². The summed E-state index contributed by atoms with van der Waals surface area (Å²) in [5.74, 6) is 0.560. The maximum atomic E-state index is 5.13. The van der Waals surface area contributed by atoms with Gasteiger partial charge in [0, 0.05) is 23.5 Å². The third-order valence-electron chi connectivity index (χ3n) is 2.85. The number of ether oxygens (including phenoxy) is 1. The monoisotopic (exact) mass is 292 g/mol. The number of aryl methyl sites for hydroxylation is 1. The molecule has 108 valence electrons. The minimum Gasteiger partial charge on any atom is -0.481 e. The Bertz CT molecular complexity index is 568. The van der Waals surface area contributed by atoms with Crippen molar-refractivity contribution in [3.63, 3.8) is 0 Å². The molecule has 0 aromatic carbocycles. The zero-order chi connectivity index (χ0) is 14.5. The van der Waals surface area contributed by atoms with Crippen LogP contribution in [-0.4, -0.2) is 28.1 Å². The summed E-state index contributed by atoms with van der Waals surface area (Å²) in [5, 5.41) is 4.36. The molecule has 0 saturated heterocycles. The first-order valence-corrected chi connectivity index (χ1v) is 7.54. The van der Waals surface area contributed by atoms with Crippen molar-refractivity contribution in [1.29, 1.82) is 0 Å². The van der Waals surface area contributed by atoms with Crippen molar-refractivity contribution < 1.29 is 4.74 Å². The number of thiazole rings is 1. The summed E-state index contributed by atoms with van der Waals surface area (Å²) in [7, 11) is 1.60. The zero-order valence-electron chi connectivity index (χ0n) is 12.3. The molecule has 0 atom stereocenters. The van der Waals surface area contributed by atoms with E-state index in [9.17, 15) is 0 Å². The molecule has 0 radical (unpaired) electrons. The van der Waals surface area contributed by atoms with Crippen molar-refractivity contribution in [2.75, 3.05) is 7.11 Å². The van der Waals surface area contributed by atoms with E-state index >= 15 is 0 Å². The number of hydrogen-bond acceptors (Lipinski definition) is 6. The SMILES string of the molecule is CCc1nc(-c2cc(OC)ncn2)sc1CNC(C)C. The second-order valence-electron chi connectivity index (χ2n) is 4.72. The molecule has 20 heavy (non-hydrogen) atoms. The van der Waals surface area contributed by atoms with Crippen molar-refractivity contribution in [3.05, 3.63) is 23.0 Å². The van der Waals surface area contributed by atoms with Crippen LogP contribution in [0.3, 0.4) is 0 Å². The highest BCUT2D eigenvalue weighted by molar-refractivity contribution is 7.15. The molecule has 0 unspecified atom stereocenters. The fraction of sp³-hybridized carbons (Fsp3) is 0.500. The maximum Gasteiger partial charge on any atom is 0.216 e. The van der Waals surface area contributed by atoms with E-state index in [-0.39, 0.29) is 0 Å². The molecule has 0 spiro atoms. The molecule has 0 bridgehead atoms. The van der Waals surface area contributed by atoms with Gasteiger partial charge in [-0.3, -0.25) is 0 Å². The van der Waals surface area contributed by atoms with Crippen LogP contribution in [0.15, 0.2) is 12.4 Å². The molecule has 0 aliphatic heterocycles. The lowest BCUT2D eigenvalue weighted by atomic mass is 10.3. The Morgan fingerprint density at radius 3 is 2.80 bits per heavy atom. The second-order valence-corrected chi connectivity index (χ2v) is 5.81. The highest BCUT2D eigenvalue weighted by Crippen LogP contribution is 2.28. The number of nitrogens with one attached hydrogen (secondary N) is 1. The van der Waals surface area contributed by atoms with Crippen LogP contribution in [0.1, 0.15) is 31.3 Å². The van der Waals surface area contributed by atoms with Crippen LogP contribution in [0, 0.1) is 0 Å². The van der Waals surface area contributed by atoms with Crippen molar-refractivity contribution >= 4 is 11.3 Å².